The predicted molar refractivity (Wildman–Crippen MR) is 104 cm³/mol. The summed E-state index contributed by atoms with van der Waals surface area (Å²) in [6.45, 7) is 7.07. The summed E-state index contributed by atoms with van der Waals surface area (Å²) >= 11 is 0. The second-order valence-corrected chi connectivity index (χ2v) is 6.22. The van der Waals surface area contributed by atoms with E-state index in [1.165, 1.54) is 0 Å². The second-order valence-electron chi connectivity index (χ2n) is 6.22. The molecule has 27 heavy (non-hydrogen) atoms. The third-order valence-electron chi connectivity index (χ3n) is 4.68. The minimum atomic E-state index is -0.351. The van der Waals surface area contributed by atoms with Gasteiger partial charge >= 0.3 is 0 Å². The SMILES string of the molecule is CCN1CCN(c2ccc(C(=O)Nc3cc(OC)ccc3OC)nn2)CC1. The highest BCUT2D eigenvalue weighted by atomic mass is 16.5. The Hall–Kier alpha value is -2.87. The number of hydrogen-bond acceptors (Lipinski definition) is 7. The molecule has 2 aromatic rings. The van der Waals surface area contributed by atoms with Gasteiger partial charge in [-0.05, 0) is 30.8 Å². The highest BCUT2D eigenvalue weighted by Gasteiger charge is 2.18. The van der Waals surface area contributed by atoms with Gasteiger partial charge in [-0.25, -0.2) is 0 Å². The number of anilines is 2. The highest BCUT2D eigenvalue weighted by molar-refractivity contribution is 6.03. The number of piperazine rings is 1. The molecule has 1 fully saturated rings. The molecule has 1 amide bonds. The number of nitrogens with one attached hydrogen (secondary N) is 1. The van der Waals surface area contributed by atoms with Crippen molar-refractivity contribution in [2.75, 3.05) is 57.2 Å². The summed E-state index contributed by atoms with van der Waals surface area (Å²) < 4.78 is 10.5. The molecular formula is C19H25N5O3. The highest BCUT2D eigenvalue weighted by Crippen LogP contribution is 2.29. The molecule has 0 unspecified atom stereocenters. The van der Waals surface area contributed by atoms with Crippen LogP contribution in [0.25, 0.3) is 0 Å². The molecule has 2 heterocycles. The van der Waals surface area contributed by atoms with Crippen LogP contribution in [0.1, 0.15) is 17.4 Å². The topological polar surface area (TPSA) is 79.8 Å². The molecule has 144 valence electrons. The molecule has 8 heteroatoms. The first-order valence-electron chi connectivity index (χ1n) is 8.99. The Labute approximate surface area is 159 Å². The molecule has 0 atom stereocenters. The first-order valence-corrected chi connectivity index (χ1v) is 8.99. The van der Waals surface area contributed by atoms with Crippen LogP contribution >= 0.6 is 0 Å². The third-order valence-corrected chi connectivity index (χ3v) is 4.68. The van der Waals surface area contributed by atoms with Crippen LogP contribution in [0.3, 0.4) is 0 Å². The van der Waals surface area contributed by atoms with Crippen LogP contribution in [0.15, 0.2) is 30.3 Å². The van der Waals surface area contributed by atoms with Crippen molar-refractivity contribution >= 4 is 17.4 Å². The van der Waals surface area contributed by atoms with Crippen LogP contribution in [0, 0.1) is 0 Å². The number of rotatable bonds is 6. The number of ether oxygens (including phenoxy) is 2. The van der Waals surface area contributed by atoms with Crippen molar-refractivity contribution in [3.05, 3.63) is 36.0 Å². The monoisotopic (exact) mass is 371 g/mol. The van der Waals surface area contributed by atoms with Crippen molar-refractivity contribution in [2.45, 2.75) is 6.92 Å². The summed E-state index contributed by atoms with van der Waals surface area (Å²) in [7, 11) is 3.11. The molecule has 0 spiro atoms. The second kappa shape index (κ2) is 8.68. The van der Waals surface area contributed by atoms with Crippen LogP contribution in [0.2, 0.25) is 0 Å². The van der Waals surface area contributed by atoms with E-state index in [1.54, 1.807) is 38.5 Å². The molecule has 1 aliphatic heterocycles. The lowest BCUT2D eigenvalue weighted by Crippen LogP contribution is -2.46. The molecule has 1 aliphatic rings. The van der Waals surface area contributed by atoms with Gasteiger partial charge in [0.05, 0.1) is 19.9 Å². The maximum atomic E-state index is 12.5. The Kier molecular flexibility index (Phi) is 6.08. The Morgan fingerprint density at radius 2 is 1.85 bits per heavy atom. The van der Waals surface area contributed by atoms with Gasteiger partial charge in [-0.15, -0.1) is 10.2 Å². The number of amides is 1. The predicted octanol–water partition coefficient (Wildman–Crippen LogP) is 1.89. The van der Waals surface area contributed by atoms with Crippen molar-refractivity contribution in [3.63, 3.8) is 0 Å². The summed E-state index contributed by atoms with van der Waals surface area (Å²) in [6, 6.07) is 8.73. The lowest BCUT2D eigenvalue weighted by molar-refractivity contribution is 0.102. The van der Waals surface area contributed by atoms with Gasteiger partial charge in [0.1, 0.15) is 11.5 Å². The number of carbonyl (C=O) groups excluding carboxylic acids is 1. The number of carbonyl (C=O) groups is 1. The van der Waals surface area contributed by atoms with E-state index < -0.39 is 0 Å². The van der Waals surface area contributed by atoms with Gasteiger partial charge in [0.15, 0.2) is 11.5 Å². The van der Waals surface area contributed by atoms with Crippen LogP contribution < -0.4 is 19.7 Å². The van der Waals surface area contributed by atoms with Crippen molar-refractivity contribution in [3.8, 4) is 11.5 Å². The molecular weight excluding hydrogens is 346 g/mol. The molecule has 1 aromatic heterocycles. The Bertz CT molecular complexity index is 773. The Morgan fingerprint density at radius 3 is 2.44 bits per heavy atom. The molecule has 1 saturated heterocycles. The molecule has 0 aliphatic carbocycles. The third kappa shape index (κ3) is 4.46. The van der Waals surface area contributed by atoms with Crippen LogP contribution in [-0.4, -0.2) is 67.9 Å². The number of methoxy groups -OCH3 is 2. The molecule has 1 aromatic carbocycles. The largest absolute Gasteiger partial charge is 0.497 e. The standard InChI is InChI=1S/C19H25N5O3/c1-4-23-9-11-24(12-10-23)18-8-6-15(21-22-18)19(25)20-16-13-14(26-2)5-7-17(16)27-3/h5-8,13H,4,9-12H2,1-3H3,(H,20,25). The maximum Gasteiger partial charge on any atom is 0.276 e. The average molecular weight is 371 g/mol. The fourth-order valence-corrected chi connectivity index (χ4v) is 3.01. The zero-order valence-corrected chi connectivity index (χ0v) is 15.9. The van der Waals surface area contributed by atoms with Gasteiger partial charge in [-0.2, -0.15) is 0 Å². The smallest absolute Gasteiger partial charge is 0.276 e. The number of likely N-dealkylation sites (N-methyl/N-ethyl adjacent to an activating group) is 1. The van der Waals surface area contributed by atoms with E-state index in [1.807, 2.05) is 6.07 Å². The van der Waals surface area contributed by atoms with Gasteiger partial charge in [-0.3, -0.25) is 4.79 Å². The van der Waals surface area contributed by atoms with Crippen molar-refractivity contribution in [1.82, 2.24) is 15.1 Å². The molecule has 0 bridgehead atoms. The first-order chi connectivity index (χ1) is 13.1. The summed E-state index contributed by atoms with van der Waals surface area (Å²) in [6.07, 6.45) is 0. The summed E-state index contributed by atoms with van der Waals surface area (Å²) in [4.78, 5) is 17.1. The molecule has 0 radical (unpaired) electrons. The van der Waals surface area contributed by atoms with Gasteiger partial charge in [0, 0.05) is 32.2 Å². The number of hydrogen-bond donors (Lipinski definition) is 1. The average Bonchev–Trinajstić information content (AvgIpc) is 2.73. The van der Waals surface area contributed by atoms with Crippen molar-refractivity contribution in [2.24, 2.45) is 0 Å². The van der Waals surface area contributed by atoms with E-state index in [4.69, 9.17) is 9.47 Å². The summed E-state index contributed by atoms with van der Waals surface area (Å²) in [5.41, 5.74) is 0.763. The first kappa shape index (κ1) is 18.9. The fraction of sp³-hybridized carbons (Fsp3) is 0.421. The summed E-state index contributed by atoms with van der Waals surface area (Å²) in [5, 5.41) is 11.1. The Balaban J connectivity index is 1.68. The molecule has 3 rings (SSSR count). The van der Waals surface area contributed by atoms with Crippen LogP contribution in [-0.2, 0) is 0 Å². The maximum absolute atomic E-state index is 12.5. The van der Waals surface area contributed by atoms with Crippen molar-refractivity contribution < 1.29 is 14.3 Å². The van der Waals surface area contributed by atoms with E-state index in [9.17, 15) is 4.79 Å². The van der Waals surface area contributed by atoms with Gasteiger partial charge < -0.3 is 24.6 Å². The lowest BCUT2D eigenvalue weighted by Gasteiger charge is -2.34. The van der Waals surface area contributed by atoms with Gasteiger partial charge in [-0.1, -0.05) is 6.92 Å². The fourth-order valence-electron chi connectivity index (χ4n) is 3.01. The normalized spacial score (nSPS) is 14.7. The quantitative estimate of drug-likeness (QED) is 0.830. The minimum absolute atomic E-state index is 0.246. The van der Waals surface area contributed by atoms with E-state index in [2.05, 4.69) is 32.2 Å². The van der Waals surface area contributed by atoms with E-state index >= 15 is 0 Å². The molecule has 8 nitrogen and oxygen atoms in total. The van der Waals surface area contributed by atoms with Crippen LogP contribution in [0.5, 0.6) is 11.5 Å². The van der Waals surface area contributed by atoms with Crippen molar-refractivity contribution in [1.29, 1.82) is 0 Å². The molecule has 1 N–H and O–H groups in total. The number of nitrogens with zero attached hydrogens (tertiary/aromatic N) is 4. The van der Waals surface area contributed by atoms with Gasteiger partial charge in [0.25, 0.3) is 5.91 Å². The van der Waals surface area contributed by atoms with E-state index in [0.29, 0.717) is 17.2 Å². The lowest BCUT2D eigenvalue weighted by atomic mass is 10.2. The summed E-state index contributed by atoms with van der Waals surface area (Å²) in [5.74, 6) is 1.61. The number of benzene rings is 1. The zero-order valence-electron chi connectivity index (χ0n) is 15.9. The minimum Gasteiger partial charge on any atom is -0.497 e. The number of aromatic nitrogens is 2. The van der Waals surface area contributed by atoms with E-state index in [-0.39, 0.29) is 11.6 Å². The van der Waals surface area contributed by atoms with Gasteiger partial charge in [0.2, 0.25) is 0 Å². The molecule has 0 saturated carbocycles. The van der Waals surface area contributed by atoms with E-state index in [0.717, 1.165) is 38.5 Å². The Morgan fingerprint density at radius 1 is 1.07 bits per heavy atom. The zero-order chi connectivity index (χ0) is 19.2. The van der Waals surface area contributed by atoms with Crippen LogP contribution in [0.4, 0.5) is 11.5 Å².